The van der Waals surface area contributed by atoms with Crippen LogP contribution in [-0.2, 0) is 22.7 Å². The van der Waals surface area contributed by atoms with Crippen molar-refractivity contribution >= 4 is 40.3 Å². The zero-order valence-corrected chi connectivity index (χ0v) is 17.7. The Morgan fingerprint density at radius 1 is 1.19 bits per heavy atom. The minimum absolute atomic E-state index is 0.172. The molecule has 0 saturated carbocycles. The summed E-state index contributed by atoms with van der Waals surface area (Å²) in [6, 6.07) is 5.12. The Labute approximate surface area is 183 Å². The fourth-order valence-electron chi connectivity index (χ4n) is 4.28. The van der Waals surface area contributed by atoms with Gasteiger partial charge in [0.05, 0.1) is 0 Å². The van der Waals surface area contributed by atoms with Gasteiger partial charge in [0, 0.05) is 62.8 Å². The second-order valence-corrected chi connectivity index (χ2v) is 8.57. The molecule has 162 valence electrons. The number of piperazine rings is 1. The summed E-state index contributed by atoms with van der Waals surface area (Å²) in [5.74, 6) is -0.311. The number of amides is 3. The number of nitrogens with one attached hydrogen (secondary N) is 3. The normalized spacial score (nSPS) is 21.3. The summed E-state index contributed by atoms with van der Waals surface area (Å²) in [6.07, 6.45) is 0.603. The van der Waals surface area contributed by atoms with Crippen molar-refractivity contribution in [3.05, 3.63) is 34.9 Å². The van der Waals surface area contributed by atoms with E-state index in [1.54, 1.807) is 4.90 Å². The predicted molar refractivity (Wildman–Crippen MR) is 115 cm³/mol. The number of nitrogens with zero attached hydrogens (tertiary/aromatic N) is 4. The number of piperidine rings is 1. The highest BCUT2D eigenvalue weighted by atomic mass is 32.1. The molecule has 1 atom stereocenters. The topological polar surface area (TPSA) is 120 Å². The number of anilines is 2. The average molecular weight is 442 g/mol. The zero-order valence-electron chi connectivity index (χ0n) is 16.9. The molecular formula is C20H23N7O3S. The molecule has 3 aliphatic heterocycles. The molecule has 0 aliphatic carbocycles. The standard InChI is InChI=1S/C20H23N7O3S/c28-15-5-4-14(17(29)23-15)27-11-13-3-1-2-12(16(13)18(27)30)10-22-19-24-20(31-25-19)26-8-6-21-7-9-26/h1-3,14,21H,4-11H2,(H,22,25)(H,23,28,29). The number of hydrogen-bond donors (Lipinski definition) is 3. The number of imide groups is 1. The minimum Gasteiger partial charge on any atom is -0.349 e. The molecule has 3 N–H and O–H groups in total. The number of hydrogen-bond acceptors (Lipinski definition) is 9. The van der Waals surface area contributed by atoms with Crippen molar-refractivity contribution in [3.8, 4) is 0 Å². The Hall–Kier alpha value is -3.05. The van der Waals surface area contributed by atoms with Crippen molar-refractivity contribution in [1.29, 1.82) is 0 Å². The lowest BCUT2D eigenvalue weighted by Crippen LogP contribution is -2.52. The minimum atomic E-state index is -0.611. The number of rotatable bonds is 5. The van der Waals surface area contributed by atoms with Gasteiger partial charge >= 0.3 is 0 Å². The van der Waals surface area contributed by atoms with Crippen molar-refractivity contribution < 1.29 is 14.4 Å². The maximum Gasteiger partial charge on any atom is 0.255 e. The Bertz CT molecular complexity index is 1030. The molecule has 1 unspecified atom stereocenters. The summed E-state index contributed by atoms with van der Waals surface area (Å²) in [5.41, 5.74) is 2.36. The molecule has 2 saturated heterocycles. The van der Waals surface area contributed by atoms with Crippen LogP contribution >= 0.6 is 11.5 Å². The fraction of sp³-hybridized carbons (Fsp3) is 0.450. The molecule has 3 aliphatic rings. The van der Waals surface area contributed by atoms with Gasteiger partial charge in [0.1, 0.15) is 6.04 Å². The van der Waals surface area contributed by atoms with Crippen molar-refractivity contribution in [1.82, 2.24) is 24.9 Å². The molecular weight excluding hydrogens is 418 g/mol. The van der Waals surface area contributed by atoms with E-state index in [1.807, 2.05) is 18.2 Å². The first-order valence-corrected chi connectivity index (χ1v) is 11.2. The van der Waals surface area contributed by atoms with Gasteiger partial charge in [-0.2, -0.15) is 9.36 Å². The molecule has 3 amide bonds. The molecule has 4 heterocycles. The number of fused-ring (bicyclic) bond motifs is 1. The van der Waals surface area contributed by atoms with Gasteiger partial charge in [0.15, 0.2) is 0 Å². The monoisotopic (exact) mass is 441 g/mol. The highest BCUT2D eigenvalue weighted by molar-refractivity contribution is 7.09. The predicted octanol–water partition coefficient (Wildman–Crippen LogP) is 0.321. The molecule has 2 fully saturated rings. The van der Waals surface area contributed by atoms with Gasteiger partial charge in [0.2, 0.25) is 22.9 Å². The van der Waals surface area contributed by atoms with Crippen LogP contribution in [0.25, 0.3) is 0 Å². The van der Waals surface area contributed by atoms with Crippen LogP contribution in [0.4, 0.5) is 11.1 Å². The lowest BCUT2D eigenvalue weighted by molar-refractivity contribution is -0.136. The second-order valence-electron chi connectivity index (χ2n) is 7.84. The van der Waals surface area contributed by atoms with Gasteiger partial charge in [-0.3, -0.25) is 19.7 Å². The van der Waals surface area contributed by atoms with E-state index in [9.17, 15) is 14.4 Å². The molecule has 2 aromatic rings. The Morgan fingerprint density at radius 2 is 2.03 bits per heavy atom. The van der Waals surface area contributed by atoms with E-state index in [0.717, 1.165) is 42.4 Å². The summed E-state index contributed by atoms with van der Waals surface area (Å²) in [5, 5.41) is 9.78. The zero-order chi connectivity index (χ0) is 21.4. The first-order chi connectivity index (χ1) is 15.1. The number of benzene rings is 1. The molecule has 1 aromatic heterocycles. The third-order valence-corrected chi connectivity index (χ3v) is 6.66. The molecule has 0 bridgehead atoms. The Kier molecular flexibility index (Phi) is 5.28. The van der Waals surface area contributed by atoms with Crippen molar-refractivity contribution in [2.75, 3.05) is 36.4 Å². The third kappa shape index (κ3) is 3.86. The van der Waals surface area contributed by atoms with Crippen molar-refractivity contribution in [2.24, 2.45) is 0 Å². The summed E-state index contributed by atoms with van der Waals surface area (Å²) in [6.45, 7) is 4.47. The SMILES string of the molecule is O=C1CCC(N2Cc3cccc(CNc4nsc(N5CCNCC5)n4)c3C2=O)C(=O)N1. The van der Waals surface area contributed by atoms with E-state index in [0.29, 0.717) is 31.0 Å². The van der Waals surface area contributed by atoms with Crippen LogP contribution in [0.15, 0.2) is 18.2 Å². The molecule has 0 spiro atoms. The van der Waals surface area contributed by atoms with Gasteiger partial charge in [-0.05, 0) is 17.5 Å². The second kappa shape index (κ2) is 8.23. The van der Waals surface area contributed by atoms with E-state index >= 15 is 0 Å². The lowest BCUT2D eigenvalue weighted by atomic mass is 10.0. The largest absolute Gasteiger partial charge is 0.349 e. The van der Waals surface area contributed by atoms with Crippen LogP contribution < -0.4 is 20.9 Å². The summed E-state index contributed by atoms with van der Waals surface area (Å²) < 4.78 is 4.40. The van der Waals surface area contributed by atoms with Crippen LogP contribution in [0.1, 0.15) is 34.3 Å². The number of carbonyl (C=O) groups is 3. The molecule has 1 aromatic carbocycles. The highest BCUT2D eigenvalue weighted by Crippen LogP contribution is 2.30. The van der Waals surface area contributed by atoms with Crippen LogP contribution in [-0.4, -0.2) is 64.2 Å². The molecule has 11 heteroatoms. The first-order valence-electron chi connectivity index (χ1n) is 10.4. The van der Waals surface area contributed by atoms with E-state index in [4.69, 9.17) is 0 Å². The Morgan fingerprint density at radius 3 is 2.84 bits per heavy atom. The first kappa shape index (κ1) is 19.9. The van der Waals surface area contributed by atoms with E-state index in [1.165, 1.54) is 11.5 Å². The fourth-order valence-corrected chi connectivity index (χ4v) is 4.98. The van der Waals surface area contributed by atoms with Crippen molar-refractivity contribution in [3.63, 3.8) is 0 Å². The molecule has 31 heavy (non-hydrogen) atoms. The third-order valence-electron chi connectivity index (χ3n) is 5.88. The number of carbonyl (C=O) groups excluding carboxylic acids is 3. The molecule has 0 radical (unpaired) electrons. The smallest absolute Gasteiger partial charge is 0.255 e. The highest BCUT2D eigenvalue weighted by Gasteiger charge is 2.39. The average Bonchev–Trinajstić information content (AvgIpc) is 3.38. The van der Waals surface area contributed by atoms with Gasteiger partial charge in [-0.15, -0.1) is 0 Å². The lowest BCUT2D eigenvalue weighted by Gasteiger charge is -2.29. The maximum absolute atomic E-state index is 13.2. The van der Waals surface area contributed by atoms with Gasteiger partial charge in [-0.25, -0.2) is 0 Å². The van der Waals surface area contributed by atoms with E-state index in [2.05, 4.69) is 30.2 Å². The van der Waals surface area contributed by atoms with Crippen LogP contribution in [0.3, 0.4) is 0 Å². The van der Waals surface area contributed by atoms with Crippen molar-refractivity contribution in [2.45, 2.75) is 32.0 Å². The van der Waals surface area contributed by atoms with Crippen LogP contribution in [0.2, 0.25) is 0 Å². The summed E-state index contributed by atoms with van der Waals surface area (Å²) >= 11 is 1.36. The maximum atomic E-state index is 13.2. The summed E-state index contributed by atoms with van der Waals surface area (Å²) in [4.78, 5) is 45.2. The van der Waals surface area contributed by atoms with Crippen LogP contribution in [0.5, 0.6) is 0 Å². The molecule has 5 rings (SSSR count). The van der Waals surface area contributed by atoms with E-state index in [-0.39, 0.29) is 18.2 Å². The van der Waals surface area contributed by atoms with E-state index < -0.39 is 11.9 Å². The van der Waals surface area contributed by atoms with Gasteiger partial charge in [-0.1, -0.05) is 18.2 Å². The quantitative estimate of drug-likeness (QED) is 0.568. The number of aromatic nitrogens is 2. The van der Waals surface area contributed by atoms with Crippen LogP contribution in [0, 0.1) is 0 Å². The van der Waals surface area contributed by atoms with Gasteiger partial charge in [0.25, 0.3) is 5.91 Å². The molecule has 10 nitrogen and oxygen atoms in total. The summed E-state index contributed by atoms with van der Waals surface area (Å²) in [7, 11) is 0. The Balaban J connectivity index is 1.28. The van der Waals surface area contributed by atoms with Gasteiger partial charge < -0.3 is 20.4 Å².